The number of nitrogens with one attached hydrogen (secondary N) is 1. The van der Waals surface area contributed by atoms with Gasteiger partial charge in [0, 0.05) is 25.4 Å². The van der Waals surface area contributed by atoms with E-state index in [1.807, 2.05) is 7.05 Å². The molecule has 0 aromatic rings. The smallest absolute Gasteiger partial charge is 0.229 e. The molecule has 1 saturated heterocycles. The van der Waals surface area contributed by atoms with Gasteiger partial charge in [-0.25, -0.2) is 0 Å². The minimum atomic E-state index is 0.0176. The van der Waals surface area contributed by atoms with E-state index in [1.165, 1.54) is 24.2 Å². The van der Waals surface area contributed by atoms with Crippen LogP contribution in [-0.4, -0.2) is 36.3 Å². The number of likely N-dealkylation sites (tertiary alicyclic amines) is 1. The molecule has 2 fully saturated rings. The van der Waals surface area contributed by atoms with E-state index in [9.17, 15) is 9.59 Å². The summed E-state index contributed by atoms with van der Waals surface area (Å²) in [6.07, 6.45) is 5.50. The lowest BCUT2D eigenvalue weighted by molar-refractivity contribution is -0.138. The van der Waals surface area contributed by atoms with Crippen molar-refractivity contribution in [2.75, 3.05) is 13.6 Å². The summed E-state index contributed by atoms with van der Waals surface area (Å²) >= 11 is 0. The van der Waals surface area contributed by atoms with Crippen molar-refractivity contribution < 1.29 is 9.59 Å². The first-order chi connectivity index (χ1) is 7.72. The third-order valence-corrected chi connectivity index (χ3v) is 3.91. The SMILES string of the molecule is CNC1CCCC1CCN1C(=O)CCC1=O. The molecule has 0 aromatic heterocycles. The highest BCUT2D eigenvalue weighted by atomic mass is 16.2. The van der Waals surface area contributed by atoms with Crippen LogP contribution < -0.4 is 5.32 Å². The zero-order chi connectivity index (χ0) is 11.5. The van der Waals surface area contributed by atoms with E-state index in [4.69, 9.17) is 0 Å². The molecule has 0 aromatic carbocycles. The van der Waals surface area contributed by atoms with Gasteiger partial charge in [0.2, 0.25) is 11.8 Å². The molecule has 0 spiro atoms. The lowest BCUT2D eigenvalue weighted by Crippen LogP contribution is -2.35. The molecule has 1 heterocycles. The molecule has 1 aliphatic carbocycles. The molecule has 2 unspecified atom stereocenters. The molecule has 1 N–H and O–H groups in total. The lowest BCUT2D eigenvalue weighted by atomic mass is 9.99. The Kier molecular flexibility index (Phi) is 3.59. The highest BCUT2D eigenvalue weighted by Gasteiger charge is 2.31. The Morgan fingerprint density at radius 2 is 1.94 bits per heavy atom. The third-order valence-electron chi connectivity index (χ3n) is 3.91. The highest BCUT2D eigenvalue weighted by Crippen LogP contribution is 2.28. The summed E-state index contributed by atoms with van der Waals surface area (Å²) in [6, 6.07) is 0.577. The van der Waals surface area contributed by atoms with Crippen LogP contribution in [0, 0.1) is 5.92 Å². The van der Waals surface area contributed by atoms with Gasteiger partial charge >= 0.3 is 0 Å². The van der Waals surface area contributed by atoms with Gasteiger partial charge in [-0.05, 0) is 32.2 Å². The first-order valence-electron chi connectivity index (χ1n) is 6.23. The maximum absolute atomic E-state index is 11.4. The molecule has 0 bridgehead atoms. The third kappa shape index (κ3) is 2.26. The minimum Gasteiger partial charge on any atom is -0.317 e. The van der Waals surface area contributed by atoms with Crippen LogP contribution in [0.2, 0.25) is 0 Å². The summed E-state index contributed by atoms with van der Waals surface area (Å²) in [5.74, 6) is 0.666. The number of amides is 2. The molecule has 4 nitrogen and oxygen atoms in total. The van der Waals surface area contributed by atoms with E-state index in [2.05, 4.69) is 5.32 Å². The number of imide groups is 1. The standard InChI is InChI=1S/C12H20N2O2/c1-13-10-4-2-3-9(10)7-8-14-11(15)5-6-12(14)16/h9-10,13H,2-8H2,1H3. The summed E-state index contributed by atoms with van der Waals surface area (Å²) in [7, 11) is 2.00. The van der Waals surface area contributed by atoms with Crippen LogP contribution in [-0.2, 0) is 9.59 Å². The Morgan fingerprint density at radius 3 is 2.56 bits per heavy atom. The monoisotopic (exact) mass is 224 g/mol. The van der Waals surface area contributed by atoms with Crippen LogP contribution in [0.4, 0.5) is 0 Å². The predicted octanol–water partition coefficient (Wildman–Crippen LogP) is 0.914. The number of hydrogen-bond donors (Lipinski definition) is 1. The van der Waals surface area contributed by atoms with Crippen molar-refractivity contribution in [2.24, 2.45) is 5.92 Å². The molecule has 2 rings (SSSR count). The van der Waals surface area contributed by atoms with Gasteiger partial charge in [-0.1, -0.05) is 6.42 Å². The highest BCUT2D eigenvalue weighted by molar-refractivity contribution is 6.01. The Morgan fingerprint density at radius 1 is 1.25 bits per heavy atom. The van der Waals surface area contributed by atoms with Crippen molar-refractivity contribution in [1.29, 1.82) is 0 Å². The van der Waals surface area contributed by atoms with Gasteiger partial charge in [-0.3, -0.25) is 14.5 Å². The Bertz CT molecular complexity index is 275. The van der Waals surface area contributed by atoms with Gasteiger partial charge in [0.05, 0.1) is 0 Å². The summed E-state index contributed by atoms with van der Waals surface area (Å²) in [5, 5.41) is 3.32. The molecule has 0 radical (unpaired) electrons. The lowest BCUT2D eigenvalue weighted by Gasteiger charge is -2.21. The summed E-state index contributed by atoms with van der Waals surface area (Å²) < 4.78 is 0. The average molecular weight is 224 g/mol. The Balaban J connectivity index is 1.82. The second kappa shape index (κ2) is 4.95. The van der Waals surface area contributed by atoms with E-state index in [0.717, 1.165) is 6.42 Å². The van der Waals surface area contributed by atoms with Crippen molar-refractivity contribution in [2.45, 2.75) is 44.6 Å². The fraction of sp³-hybridized carbons (Fsp3) is 0.833. The van der Waals surface area contributed by atoms with Gasteiger partial charge < -0.3 is 5.32 Å². The topological polar surface area (TPSA) is 49.4 Å². The van der Waals surface area contributed by atoms with Crippen LogP contribution in [0.1, 0.15) is 38.5 Å². The zero-order valence-electron chi connectivity index (χ0n) is 9.87. The quantitative estimate of drug-likeness (QED) is 0.722. The first-order valence-corrected chi connectivity index (χ1v) is 6.23. The second-order valence-electron chi connectivity index (χ2n) is 4.81. The maximum Gasteiger partial charge on any atom is 0.229 e. The van der Waals surface area contributed by atoms with Crippen molar-refractivity contribution in [3.63, 3.8) is 0 Å². The fourth-order valence-electron chi connectivity index (χ4n) is 2.93. The molecule has 2 amide bonds. The molecule has 2 atom stereocenters. The van der Waals surface area contributed by atoms with E-state index in [1.54, 1.807) is 0 Å². The Hall–Kier alpha value is -0.900. The molecule has 2 aliphatic rings. The van der Waals surface area contributed by atoms with Gasteiger partial charge in [0.15, 0.2) is 0 Å². The maximum atomic E-state index is 11.4. The number of carbonyl (C=O) groups excluding carboxylic acids is 2. The largest absolute Gasteiger partial charge is 0.317 e. The van der Waals surface area contributed by atoms with E-state index >= 15 is 0 Å². The molecule has 16 heavy (non-hydrogen) atoms. The number of nitrogens with zero attached hydrogens (tertiary/aromatic N) is 1. The van der Waals surface area contributed by atoms with Crippen molar-refractivity contribution in [3.05, 3.63) is 0 Å². The number of carbonyl (C=O) groups is 2. The van der Waals surface area contributed by atoms with Gasteiger partial charge in [-0.2, -0.15) is 0 Å². The zero-order valence-corrected chi connectivity index (χ0v) is 9.87. The van der Waals surface area contributed by atoms with E-state index in [-0.39, 0.29) is 11.8 Å². The van der Waals surface area contributed by atoms with Gasteiger partial charge in [0.1, 0.15) is 0 Å². The van der Waals surface area contributed by atoms with Crippen LogP contribution in [0.25, 0.3) is 0 Å². The van der Waals surface area contributed by atoms with E-state index in [0.29, 0.717) is 31.3 Å². The normalized spacial score (nSPS) is 30.4. The molecular formula is C12H20N2O2. The summed E-state index contributed by atoms with van der Waals surface area (Å²) in [6.45, 7) is 0.626. The minimum absolute atomic E-state index is 0.0176. The second-order valence-corrected chi connectivity index (χ2v) is 4.81. The van der Waals surface area contributed by atoms with Crippen molar-refractivity contribution >= 4 is 11.8 Å². The van der Waals surface area contributed by atoms with Crippen LogP contribution >= 0.6 is 0 Å². The molecular weight excluding hydrogens is 204 g/mol. The first kappa shape index (κ1) is 11.6. The predicted molar refractivity (Wildman–Crippen MR) is 60.8 cm³/mol. The van der Waals surface area contributed by atoms with Gasteiger partial charge in [-0.15, -0.1) is 0 Å². The number of rotatable bonds is 4. The van der Waals surface area contributed by atoms with Crippen LogP contribution in [0.5, 0.6) is 0 Å². The molecule has 90 valence electrons. The summed E-state index contributed by atoms with van der Waals surface area (Å²) in [5.41, 5.74) is 0. The molecule has 1 aliphatic heterocycles. The van der Waals surface area contributed by atoms with Crippen molar-refractivity contribution in [1.82, 2.24) is 10.2 Å². The number of hydrogen-bond acceptors (Lipinski definition) is 3. The van der Waals surface area contributed by atoms with Crippen LogP contribution in [0.3, 0.4) is 0 Å². The van der Waals surface area contributed by atoms with E-state index < -0.39 is 0 Å². The van der Waals surface area contributed by atoms with Crippen molar-refractivity contribution in [3.8, 4) is 0 Å². The average Bonchev–Trinajstić information content (AvgIpc) is 2.84. The summed E-state index contributed by atoms with van der Waals surface area (Å²) in [4.78, 5) is 24.3. The Labute approximate surface area is 96.4 Å². The van der Waals surface area contributed by atoms with Crippen LogP contribution in [0.15, 0.2) is 0 Å². The fourth-order valence-corrected chi connectivity index (χ4v) is 2.93. The molecule has 1 saturated carbocycles. The van der Waals surface area contributed by atoms with Gasteiger partial charge in [0.25, 0.3) is 0 Å². The molecule has 4 heteroatoms.